The molecule has 0 N–H and O–H groups in total. The molecule has 0 bridgehead atoms. The lowest BCUT2D eigenvalue weighted by molar-refractivity contribution is -0.0676. The minimum Gasteiger partial charge on any atom is -0.376 e. The molecule has 1 saturated heterocycles. The molecule has 1 aliphatic heterocycles. The molecule has 88 valence electrons. The van der Waals surface area contributed by atoms with Gasteiger partial charge in [0, 0.05) is 0 Å². The van der Waals surface area contributed by atoms with Crippen molar-refractivity contribution in [2.45, 2.75) is 45.6 Å². The van der Waals surface area contributed by atoms with Gasteiger partial charge < -0.3 is 9.47 Å². The minimum atomic E-state index is 0.195. The van der Waals surface area contributed by atoms with Crippen LogP contribution in [0.5, 0.6) is 0 Å². The SMILES string of the molecule is CCCC(C)CCC=CC1COCCO1. The predicted molar refractivity (Wildman–Crippen MR) is 63.0 cm³/mol. The largest absolute Gasteiger partial charge is 0.376 e. The molecule has 2 heteroatoms. The predicted octanol–water partition coefficient (Wildman–Crippen LogP) is 3.17. The maximum atomic E-state index is 5.52. The number of ether oxygens (including phenoxy) is 2. The van der Waals surface area contributed by atoms with E-state index in [1.807, 2.05) is 0 Å². The molecule has 0 saturated carbocycles. The van der Waals surface area contributed by atoms with Crippen LogP contribution in [0.3, 0.4) is 0 Å². The molecule has 15 heavy (non-hydrogen) atoms. The van der Waals surface area contributed by atoms with Crippen molar-refractivity contribution in [3.8, 4) is 0 Å². The van der Waals surface area contributed by atoms with Gasteiger partial charge in [-0.25, -0.2) is 0 Å². The highest BCUT2D eigenvalue weighted by Gasteiger charge is 2.09. The average molecular weight is 212 g/mol. The Balaban J connectivity index is 2.04. The maximum Gasteiger partial charge on any atom is 0.0990 e. The Morgan fingerprint density at radius 2 is 2.20 bits per heavy atom. The van der Waals surface area contributed by atoms with Crippen molar-refractivity contribution in [3.05, 3.63) is 12.2 Å². The second-order valence-electron chi connectivity index (χ2n) is 4.38. The van der Waals surface area contributed by atoms with Crippen molar-refractivity contribution in [3.63, 3.8) is 0 Å². The van der Waals surface area contributed by atoms with E-state index in [4.69, 9.17) is 9.47 Å². The number of hydrogen-bond acceptors (Lipinski definition) is 2. The quantitative estimate of drug-likeness (QED) is 0.630. The third-order valence-corrected chi connectivity index (χ3v) is 2.80. The zero-order chi connectivity index (χ0) is 10.9. The van der Waals surface area contributed by atoms with E-state index in [1.54, 1.807) is 0 Å². The Morgan fingerprint density at radius 3 is 2.87 bits per heavy atom. The zero-order valence-corrected chi connectivity index (χ0v) is 10.1. The standard InChI is InChI=1S/C13H24O2/c1-3-6-12(2)7-4-5-8-13-11-14-9-10-15-13/h5,8,12-13H,3-4,6-7,9-11H2,1-2H3. The van der Waals surface area contributed by atoms with Crippen LogP contribution in [-0.2, 0) is 9.47 Å². The molecule has 1 aliphatic rings. The van der Waals surface area contributed by atoms with Crippen LogP contribution in [0.1, 0.15) is 39.5 Å². The first-order chi connectivity index (χ1) is 7.33. The lowest BCUT2D eigenvalue weighted by Gasteiger charge is -2.19. The summed E-state index contributed by atoms with van der Waals surface area (Å²) in [6, 6.07) is 0. The van der Waals surface area contributed by atoms with Crippen LogP contribution < -0.4 is 0 Å². The highest BCUT2D eigenvalue weighted by molar-refractivity contribution is 4.90. The summed E-state index contributed by atoms with van der Waals surface area (Å²) in [4.78, 5) is 0. The average Bonchev–Trinajstić information content (AvgIpc) is 2.26. The third-order valence-electron chi connectivity index (χ3n) is 2.80. The van der Waals surface area contributed by atoms with E-state index < -0.39 is 0 Å². The first kappa shape index (κ1) is 12.7. The molecule has 0 aromatic carbocycles. The Morgan fingerprint density at radius 1 is 1.33 bits per heavy atom. The molecule has 0 amide bonds. The fourth-order valence-corrected chi connectivity index (χ4v) is 1.88. The third kappa shape index (κ3) is 5.95. The Labute approximate surface area is 93.7 Å². The summed E-state index contributed by atoms with van der Waals surface area (Å²) in [5.41, 5.74) is 0. The fraction of sp³-hybridized carbons (Fsp3) is 0.846. The van der Waals surface area contributed by atoms with Crippen LogP contribution in [0.25, 0.3) is 0 Å². The smallest absolute Gasteiger partial charge is 0.0990 e. The number of rotatable bonds is 6. The van der Waals surface area contributed by atoms with E-state index in [9.17, 15) is 0 Å². The lowest BCUT2D eigenvalue weighted by Crippen LogP contribution is -2.26. The zero-order valence-electron chi connectivity index (χ0n) is 10.1. The summed E-state index contributed by atoms with van der Waals surface area (Å²) in [6.07, 6.45) is 9.68. The van der Waals surface area contributed by atoms with Gasteiger partial charge in [0.1, 0.15) is 0 Å². The Bertz CT molecular complexity index is 171. The van der Waals surface area contributed by atoms with E-state index in [-0.39, 0.29) is 6.10 Å². The van der Waals surface area contributed by atoms with Crippen molar-refractivity contribution in [1.29, 1.82) is 0 Å². The van der Waals surface area contributed by atoms with Crippen LogP contribution >= 0.6 is 0 Å². The number of hydrogen-bond donors (Lipinski definition) is 0. The molecule has 0 aliphatic carbocycles. The monoisotopic (exact) mass is 212 g/mol. The van der Waals surface area contributed by atoms with E-state index in [0.717, 1.165) is 25.7 Å². The van der Waals surface area contributed by atoms with Gasteiger partial charge >= 0.3 is 0 Å². The molecule has 1 rings (SSSR count). The molecule has 0 radical (unpaired) electrons. The van der Waals surface area contributed by atoms with E-state index in [2.05, 4.69) is 26.0 Å². The van der Waals surface area contributed by atoms with Crippen LogP contribution in [0.2, 0.25) is 0 Å². The highest BCUT2D eigenvalue weighted by atomic mass is 16.6. The summed E-state index contributed by atoms with van der Waals surface area (Å²) in [5, 5.41) is 0. The van der Waals surface area contributed by atoms with Crippen molar-refractivity contribution in [1.82, 2.24) is 0 Å². The molecule has 2 unspecified atom stereocenters. The van der Waals surface area contributed by atoms with Gasteiger partial charge in [0.25, 0.3) is 0 Å². The van der Waals surface area contributed by atoms with Crippen molar-refractivity contribution >= 4 is 0 Å². The molecule has 0 aromatic heterocycles. The molecular formula is C13H24O2. The van der Waals surface area contributed by atoms with Gasteiger partial charge in [-0.1, -0.05) is 38.8 Å². The normalized spacial score (nSPS) is 24.5. The molecule has 1 fully saturated rings. The fourth-order valence-electron chi connectivity index (χ4n) is 1.88. The highest BCUT2D eigenvalue weighted by Crippen LogP contribution is 2.13. The molecule has 0 spiro atoms. The molecule has 1 heterocycles. The summed E-state index contributed by atoms with van der Waals surface area (Å²) in [7, 11) is 0. The van der Waals surface area contributed by atoms with Crippen LogP contribution in [0, 0.1) is 5.92 Å². The number of allylic oxidation sites excluding steroid dienone is 1. The minimum absolute atomic E-state index is 0.195. The molecular weight excluding hydrogens is 188 g/mol. The maximum absolute atomic E-state index is 5.52. The van der Waals surface area contributed by atoms with Gasteiger partial charge in [0.15, 0.2) is 0 Å². The van der Waals surface area contributed by atoms with Gasteiger partial charge in [-0.05, 0) is 18.8 Å². The molecule has 0 aromatic rings. The van der Waals surface area contributed by atoms with E-state index in [0.29, 0.717) is 0 Å². The first-order valence-electron chi connectivity index (χ1n) is 6.19. The van der Waals surface area contributed by atoms with Crippen LogP contribution in [-0.4, -0.2) is 25.9 Å². The second kappa shape index (κ2) is 7.89. The van der Waals surface area contributed by atoms with Gasteiger partial charge in [-0.2, -0.15) is 0 Å². The topological polar surface area (TPSA) is 18.5 Å². The van der Waals surface area contributed by atoms with Gasteiger partial charge in [-0.15, -0.1) is 0 Å². The summed E-state index contributed by atoms with van der Waals surface area (Å²) in [5.74, 6) is 0.850. The lowest BCUT2D eigenvalue weighted by atomic mass is 10.0. The Hall–Kier alpha value is -0.340. The molecule has 2 nitrogen and oxygen atoms in total. The van der Waals surface area contributed by atoms with Crippen LogP contribution in [0.15, 0.2) is 12.2 Å². The van der Waals surface area contributed by atoms with Crippen molar-refractivity contribution in [2.24, 2.45) is 5.92 Å². The van der Waals surface area contributed by atoms with Crippen LogP contribution in [0.4, 0.5) is 0 Å². The summed E-state index contributed by atoms with van der Waals surface area (Å²) < 4.78 is 10.8. The molecule has 2 atom stereocenters. The summed E-state index contributed by atoms with van der Waals surface area (Å²) >= 11 is 0. The summed E-state index contributed by atoms with van der Waals surface area (Å²) in [6.45, 7) is 6.79. The van der Waals surface area contributed by atoms with Gasteiger partial charge in [-0.3, -0.25) is 0 Å². The second-order valence-corrected chi connectivity index (χ2v) is 4.38. The Kier molecular flexibility index (Phi) is 6.69. The van der Waals surface area contributed by atoms with Crippen molar-refractivity contribution in [2.75, 3.05) is 19.8 Å². The first-order valence-corrected chi connectivity index (χ1v) is 6.19. The van der Waals surface area contributed by atoms with Crippen molar-refractivity contribution < 1.29 is 9.47 Å². The van der Waals surface area contributed by atoms with E-state index in [1.165, 1.54) is 25.7 Å². The van der Waals surface area contributed by atoms with Gasteiger partial charge in [0.2, 0.25) is 0 Å². The van der Waals surface area contributed by atoms with Gasteiger partial charge in [0.05, 0.1) is 25.9 Å². The van der Waals surface area contributed by atoms with E-state index >= 15 is 0 Å².